The van der Waals surface area contributed by atoms with Gasteiger partial charge in [0.2, 0.25) is 0 Å². The van der Waals surface area contributed by atoms with Crippen LogP contribution in [0.4, 0.5) is 10.1 Å². The van der Waals surface area contributed by atoms with Crippen molar-refractivity contribution in [1.82, 2.24) is 0 Å². The second-order valence-electron chi connectivity index (χ2n) is 4.26. The summed E-state index contributed by atoms with van der Waals surface area (Å²) in [6.07, 6.45) is -1.07. The van der Waals surface area contributed by atoms with Crippen molar-refractivity contribution >= 4 is 56.4 Å². The summed E-state index contributed by atoms with van der Waals surface area (Å²) in [5.74, 6) is -1.92. The molecule has 0 spiro atoms. The first-order valence-electron chi connectivity index (χ1n) is 6.09. The number of rotatable bonds is 4. The second kappa shape index (κ2) is 7.21. The largest absolute Gasteiger partial charge is 0.448 e. The van der Waals surface area contributed by atoms with Gasteiger partial charge in [0, 0.05) is 5.02 Å². The van der Waals surface area contributed by atoms with Crippen molar-refractivity contribution in [3.05, 3.63) is 49.8 Å². The van der Waals surface area contributed by atoms with Gasteiger partial charge in [-0.3, -0.25) is 4.79 Å². The van der Waals surface area contributed by atoms with Crippen LogP contribution in [0.5, 0.6) is 0 Å². The van der Waals surface area contributed by atoms with Crippen LogP contribution in [0.25, 0.3) is 0 Å². The zero-order valence-electron chi connectivity index (χ0n) is 11.2. The average Bonchev–Trinajstić information content (AvgIpc) is 2.88. The van der Waals surface area contributed by atoms with Crippen molar-refractivity contribution in [3.63, 3.8) is 0 Å². The topological polar surface area (TPSA) is 55.4 Å². The number of benzene rings is 1. The lowest BCUT2D eigenvalue weighted by Crippen LogP contribution is -2.30. The lowest BCUT2D eigenvalue weighted by molar-refractivity contribution is -0.123. The number of anilines is 1. The Labute approximate surface area is 143 Å². The lowest BCUT2D eigenvalue weighted by Gasteiger charge is -2.13. The van der Waals surface area contributed by atoms with E-state index in [1.807, 2.05) is 0 Å². The molecule has 1 unspecified atom stereocenters. The molecule has 1 heterocycles. The van der Waals surface area contributed by atoms with Gasteiger partial charge in [-0.25, -0.2) is 9.18 Å². The van der Waals surface area contributed by atoms with E-state index < -0.39 is 23.8 Å². The molecule has 1 amide bonds. The molecule has 1 aromatic heterocycles. The van der Waals surface area contributed by atoms with E-state index in [2.05, 4.69) is 21.2 Å². The fourth-order valence-electron chi connectivity index (χ4n) is 1.52. The van der Waals surface area contributed by atoms with E-state index in [1.54, 1.807) is 12.1 Å². The molecule has 0 aliphatic rings. The van der Waals surface area contributed by atoms with Crippen molar-refractivity contribution < 1.29 is 18.7 Å². The summed E-state index contributed by atoms with van der Waals surface area (Å²) in [7, 11) is 0. The standard InChI is InChI=1S/C14H10BrClFNO3S/c1-7(21-14(20)11-4-5-12(15)22-11)13(19)18-10-3-2-8(16)6-9(10)17/h2-7H,1H3,(H,18,19). The van der Waals surface area contributed by atoms with Crippen molar-refractivity contribution in [1.29, 1.82) is 0 Å². The number of carbonyl (C=O) groups is 2. The van der Waals surface area contributed by atoms with Gasteiger partial charge in [0.15, 0.2) is 6.10 Å². The Morgan fingerprint density at radius 1 is 1.36 bits per heavy atom. The minimum atomic E-state index is -1.07. The third-order valence-electron chi connectivity index (χ3n) is 2.62. The molecule has 0 aliphatic carbocycles. The van der Waals surface area contributed by atoms with Crippen LogP contribution in [0.3, 0.4) is 0 Å². The number of hydrogen-bond donors (Lipinski definition) is 1. The first-order valence-corrected chi connectivity index (χ1v) is 8.08. The van der Waals surface area contributed by atoms with Crippen LogP contribution in [0.1, 0.15) is 16.6 Å². The van der Waals surface area contributed by atoms with E-state index in [-0.39, 0.29) is 10.7 Å². The zero-order valence-corrected chi connectivity index (χ0v) is 14.4. The van der Waals surface area contributed by atoms with Crippen LogP contribution in [0, 0.1) is 5.82 Å². The fraction of sp³-hybridized carbons (Fsp3) is 0.143. The Bertz CT molecular complexity index is 722. The molecule has 0 saturated heterocycles. The van der Waals surface area contributed by atoms with Crippen molar-refractivity contribution in [2.45, 2.75) is 13.0 Å². The van der Waals surface area contributed by atoms with Crippen molar-refractivity contribution in [2.75, 3.05) is 5.32 Å². The highest BCUT2D eigenvalue weighted by atomic mass is 79.9. The lowest BCUT2D eigenvalue weighted by atomic mass is 10.3. The predicted molar refractivity (Wildman–Crippen MR) is 86.9 cm³/mol. The smallest absolute Gasteiger partial charge is 0.349 e. The molecule has 4 nitrogen and oxygen atoms in total. The number of thiophene rings is 1. The monoisotopic (exact) mass is 405 g/mol. The molecule has 0 saturated carbocycles. The summed E-state index contributed by atoms with van der Waals surface area (Å²) in [4.78, 5) is 24.1. The molecule has 0 radical (unpaired) electrons. The van der Waals surface area contributed by atoms with Crippen LogP contribution in [-0.4, -0.2) is 18.0 Å². The molecule has 1 aromatic carbocycles. The molecule has 0 aliphatic heterocycles. The number of esters is 1. The van der Waals surface area contributed by atoms with Gasteiger partial charge in [-0.2, -0.15) is 0 Å². The summed E-state index contributed by atoms with van der Waals surface area (Å²) in [5, 5.41) is 2.56. The quantitative estimate of drug-likeness (QED) is 0.761. The maximum atomic E-state index is 13.6. The summed E-state index contributed by atoms with van der Waals surface area (Å²) in [6, 6.07) is 7.15. The van der Waals surface area contributed by atoms with Crippen LogP contribution < -0.4 is 5.32 Å². The number of amides is 1. The molecule has 1 atom stereocenters. The Hall–Kier alpha value is -1.44. The summed E-state index contributed by atoms with van der Waals surface area (Å²) < 4.78 is 19.4. The normalized spacial score (nSPS) is 11.8. The minimum absolute atomic E-state index is 0.0313. The maximum absolute atomic E-state index is 13.6. The molecule has 1 N–H and O–H groups in total. The first kappa shape index (κ1) is 16.9. The van der Waals surface area contributed by atoms with Gasteiger partial charge in [0.05, 0.1) is 9.47 Å². The molecule has 8 heteroatoms. The van der Waals surface area contributed by atoms with Gasteiger partial charge in [-0.15, -0.1) is 11.3 Å². The Balaban J connectivity index is 1.98. The van der Waals surface area contributed by atoms with Crippen LogP contribution in [0.15, 0.2) is 34.1 Å². The SMILES string of the molecule is CC(OC(=O)c1ccc(Br)s1)C(=O)Nc1ccc(Cl)cc1F. The number of hydrogen-bond acceptors (Lipinski definition) is 4. The van der Waals surface area contributed by atoms with Gasteiger partial charge in [-0.1, -0.05) is 11.6 Å². The highest BCUT2D eigenvalue weighted by Gasteiger charge is 2.21. The number of halogens is 3. The van der Waals surface area contributed by atoms with E-state index in [4.69, 9.17) is 16.3 Å². The van der Waals surface area contributed by atoms with Crippen LogP contribution >= 0.6 is 38.9 Å². The van der Waals surface area contributed by atoms with E-state index in [9.17, 15) is 14.0 Å². The third-order valence-corrected chi connectivity index (χ3v) is 4.46. The summed E-state index contributed by atoms with van der Waals surface area (Å²) in [5.41, 5.74) is -0.0313. The fourth-order valence-corrected chi connectivity index (χ4v) is 2.95. The number of ether oxygens (including phenoxy) is 1. The average molecular weight is 407 g/mol. The summed E-state index contributed by atoms with van der Waals surface area (Å²) in [6.45, 7) is 1.41. The highest BCUT2D eigenvalue weighted by molar-refractivity contribution is 9.11. The van der Waals surface area contributed by atoms with Gasteiger partial charge in [0.1, 0.15) is 10.7 Å². The molecule has 0 fully saturated rings. The van der Waals surface area contributed by atoms with Crippen LogP contribution in [-0.2, 0) is 9.53 Å². The van der Waals surface area contributed by atoms with E-state index in [1.165, 1.54) is 30.4 Å². The van der Waals surface area contributed by atoms with Gasteiger partial charge < -0.3 is 10.1 Å². The number of nitrogens with one attached hydrogen (secondary N) is 1. The van der Waals surface area contributed by atoms with E-state index >= 15 is 0 Å². The summed E-state index contributed by atoms with van der Waals surface area (Å²) >= 11 is 10.1. The molecule has 2 rings (SSSR count). The van der Waals surface area contributed by atoms with Crippen LogP contribution in [0.2, 0.25) is 5.02 Å². The number of carbonyl (C=O) groups excluding carboxylic acids is 2. The zero-order chi connectivity index (χ0) is 16.3. The Morgan fingerprint density at radius 3 is 2.68 bits per heavy atom. The third kappa shape index (κ3) is 4.28. The maximum Gasteiger partial charge on any atom is 0.349 e. The molecule has 0 bridgehead atoms. The molecular weight excluding hydrogens is 397 g/mol. The van der Waals surface area contributed by atoms with Gasteiger partial charge >= 0.3 is 5.97 Å². The molecule has 2 aromatic rings. The van der Waals surface area contributed by atoms with E-state index in [0.29, 0.717) is 4.88 Å². The molecular formula is C14H10BrClFNO3S. The van der Waals surface area contributed by atoms with Gasteiger partial charge in [0.25, 0.3) is 5.91 Å². The van der Waals surface area contributed by atoms with E-state index in [0.717, 1.165) is 9.85 Å². The minimum Gasteiger partial charge on any atom is -0.448 e. The first-order chi connectivity index (χ1) is 10.4. The molecule has 22 heavy (non-hydrogen) atoms. The molecule has 116 valence electrons. The van der Waals surface area contributed by atoms with Crippen molar-refractivity contribution in [3.8, 4) is 0 Å². The Morgan fingerprint density at radius 2 is 2.09 bits per heavy atom. The highest BCUT2D eigenvalue weighted by Crippen LogP contribution is 2.23. The predicted octanol–water partition coefficient (Wildman–Crippen LogP) is 4.49. The van der Waals surface area contributed by atoms with Crippen molar-refractivity contribution in [2.24, 2.45) is 0 Å². The second-order valence-corrected chi connectivity index (χ2v) is 7.16. The van der Waals surface area contributed by atoms with Gasteiger partial charge in [-0.05, 0) is 53.2 Å². The Kier molecular flexibility index (Phi) is 5.55.